The van der Waals surface area contributed by atoms with Gasteiger partial charge in [-0.05, 0) is 27.2 Å². The van der Waals surface area contributed by atoms with Gasteiger partial charge in [0.2, 0.25) is 0 Å². The fourth-order valence-electron chi connectivity index (χ4n) is 0.549. The van der Waals surface area contributed by atoms with Crippen LogP contribution in [0, 0.1) is 18.5 Å². The zero-order chi connectivity index (χ0) is 7.11. The molecule has 0 fully saturated rings. The molecule has 0 rings (SSSR count). The summed E-state index contributed by atoms with van der Waals surface area (Å²) in [6, 6.07) is 0. The minimum atomic E-state index is 0.0368. The highest BCUT2D eigenvalue weighted by atomic mass is 31.1. The zero-order valence-corrected chi connectivity index (χ0v) is 7.17. The standard InChI is InChI=1S/C8H14P/c1-4-7-8-9(5-2)6-3/h1,4-6H2,2-3H3. The van der Waals surface area contributed by atoms with Gasteiger partial charge in [-0.15, -0.1) is 0 Å². The molecule has 0 unspecified atom stereocenters. The van der Waals surface area contributed by atoms with Crippen LogP contribution in [0.4, 0.5) is 0 Å². The third kappa shape index (κ3) is 4.49. The van der Waals surface area contributed by atoms with Crippen LogP contribution in [0.5, 0.6) is 0 Å². The van der Waals surface area contributed by atoms with E-state index in [1.54, 1.807) is 0 Å². The highest BCUT2D eigenvalue weighted by molar-refractivity contribution is 7.62. The van der Waals surface area contributed by atoms with Crippen molar-refractivity contribution in [1.82, 2.24) is 0 Å². The van der Waals surface area contributed by atoms with Crippen LogP contribution in [0.2, 0.25) is 0 Å². The average Bonchev–Trinajstić information content (AvgIpc) is 1.91. The summed E-state index contributed by atoms with van der Waals surface area (Å²) in [7, 11) is 0.0368. The van der Waals surface area contributed by atoms with E-state index in [2.05, 4.69) is 32.4 Å². The summed E-state index contributed by atoms with van der Waals surface area (Å²) in [6.07, 6.45) is 3.23. The second kappa shape index (κ2) is 6.12. The molecule has 51 valence electrons. The summed E-state index contributed by atoms with van der Waals surface area (Å²) in [5.41, 5.74) is 3.22. The van der Waals surface area contributed by atoms with Crippen molar-refractivity contribution >= 4 is 7.92 Å². The third-order valence-electron chi connectivity index (χ3n) is 1.13. The van der Waals surface area contributed by atoms with Gasteiger partial charge in [-0.3, -0.25) is 0 Å². The molecule has 9 heavy (non-hydrogen) atoms. The van der Waals surface area contributed by atoms with Crippen molar-refractivity contribution in [2.75, 3.05) is 12.3 Å². The summed E-state index contributed by atoms with van der Waals surface area (Å²) in [6.45, 7) is 8.07. The maximum Gasteiger partial charge on any atom is 0.00924 e. The van der Waals surface area contributed by atoms with Crippen LogP contribution in [-0.2, 0) is 0 Å². The molecule has 0 aromatic carbocycles. The molecule has 1 heteroatoms. The lowest BCUT2D eigenvalue weighted by molar-refractivity contribution is 1.42. The largest absolute Gasteiger partial charge is 0.0987 e. The van der Waals surface area contributed by atoms with Crippen LogP contribution in [0.15, 0.2) is 0 Å². The molecule has 0 N–H and O–H groups in total. The Morgan fingerprint density at radius 3 is 2.22 bits per heavy atom. The van der Waals surface area contributed by atoms with Gasteiger partial charge in [-0.1, -0.05) is 25.4 Å². The van der Waals surface area contributed by atoms with E-state index in [9.17, 15) is 0 Å². The lowest BCUT2D eigenvalue weighted by Gasteiger charge is -2.00. The van der Waals surface area contributed by atoms with Gasteiger partial charge in [0, 0.05) is 6.42 Å². The molecule has 0 heterocycles. The van der Waals surface area contributed by atoms with Gasteiger partial charge >= 0.3 is 0 Å². The van der Waals surface area contributed by atoms with E-state index in [-0.39, 0.29) is 7.92 Å². The summed E-state index contributed by atoms with van der Waals surface area (Å²) < 4.78 is 0. The first-order chi connectivity index (χ1) is 4.35. The quantitative estimate of drug-likeness (QED) is 0.409. The molecule has 0 nitrogen and oxygen atoms in total. The van der Waals surface area contributed by atoms with Crippen molar-refractivity contribution in [3.63, 3.8) is 0 Å². The molecule has 1 radical (unpaired) electrons. The highest BCUT2D eigenvalue weighted by Crippen LogP contribution is 2.31. The molecule has 0 saturated carbocycles. The van der Waals surface area contributed by atoms with Gasteiger partial charge in [-0.25, -0.2) is 0 Å². The molecule has 0 aromatic rings. The van der Waals surface area contributed by atoms with Gasteiger partial charge in [0.15, 0.2) is 0 Å². The van der Waals surface area contributed by atoms with E-state index in [4.69, 9.17) is 0 Å². The Bertz CT molecular complexity index is 103. The zero-order valence-electron chi connectivity index (χ0n) is 6.28. The van der Waals surface area contributed by atoms with Crippen molar-refractivity contribution in [1.29, 1.82) is 0 Å². The van der Waals surface area contributed by atoms with Crippen molar-refractivity contribution < 1.29 is 0 Å². The maximum absolute atomic E-state index is 3.66. The minimum Gasteiger partial charge on any atom is -0.0987 e. The first-order valence-electron chi connectivity index (χ1n) is 3.37. The fourth-order valence-corrected chi connectivity index (χ4v) is 1.65. The average molecular weight is 141 g/mol. The van der Waals surface area contributed by atoms with E-state index < -0.39 is 0 Å². The molecular formula is C8H14P. The minimum absolute atomic E-state index is 0.0368. The molecule has 0 spiro atoms. The Balaban J connectivity index is 3.54. The van der Waals surface area contributed by atoms with E-state index in [1.807, 2.05) is 0 Å². The van der Waals surface area contributed by atoms with Crippen molar-refractivity contribution in [3.8, 4) is 11.6 Å². The van der Waals surface area contributed by atoms with E-state index in [0.717, 1.165) is 6.42 Å². The maximum atomic E-state index is 3.66. The van der Waals surface area contributed by atoms with Crippen LogP contribution in [0.1, 0.15) is 20.3 Å². The second-order valence-electron chi connectivity index (χ2n) is 1.71. The van der Waals surface area contributed by atoms with Gasteiger partial charge in [0.25, 0.3) is 0 Å². The Kier molecular flexibility index (Phi) is 6.11. The smallest absolute Gasteiger partial charge is 0.00924 e. The number of hydrogen-bond acceptors (Lipinski definition) is 0. The third-order valence-corrected chi connectivity index (χ3v) is 3.13. The first-order valence-corrected chi connectivity index (χ1v) is 5.09. The summed E-state index contributed by atoms with van der Waals surface area (Å²) in [4.78, 5) is 0. The van der Waals surface area contributed by atoms with Crippen LogP contribution >= 0.6 is 7.92 Å². The predicted molar refractivity (Wildman–Crippen MR) is 45.8 cm³/mol. The molecular weight excluding hydrogens is 127 g/mol. The molecule has 0 aromatic heterocycles. The highest BCUT2D eigenvalue weighted by Gasteiger charge is 1.93. The van der Waals surface area contributed by atoms with Gasteiger partial charge < -0.3 is 0 Å². The molecule has 0 amide bonds. The van der Waals surface area contributed by atoms with E-state index in [1.165, 1.54) is 12.3 Å². The topological polar surface area (TPSA) is 0 Å². The normalized spacial score (nSPS) is 8.89. The van der Waals surface area contributed by atoms with E-state index >= 15 is 0 Å². The Morgan fingerprint density at radius 2 is 1.89 bits per heavy atom. The van der Waals surface area contributed by atoms with Crippen LogP contribution < -0.4 is 0 Å². The Hall–Kier alpha value is -0.0100. The molecule has 0 aliphatic carbocycles. The summed E-state index contributed by atoms with van der Waals surface area (Å²) in [5.74, 6) is 3.02. The van der Waals surface area contributed by atoms with Crippen molar-refractivity contribution in [3.05, 3.63) is 6.92 Å². The van der Waals surface area contributed by atoms with Crippen LogP contribution in [0.25, 0.3) is 0 Å². The number of rotatable bonds is 2. The van der Waals surface area contributed by atoms with Gasteiger partial charge in [0.05, 0.1) is 0 Å². The summed E-state index contributed by atoms with van der Waals surface area (Å²) in [5, 5.41) is 0. The predicted octanol–water partition coefficient (Wildman–Crippen LogP) is 2.69. The Labute approximate surface area is 59.8 Å². The molecule has 0 bridgehead atoms. The fraction of sp³-hybridized carbons (Fsp3) is 0.625. The van der Waals surface area contributed by atoms with Crippen molar-refractivity contribution in [2.24, 2.45) is 0 Å². The van der Waals surface area contributed by atoms with Crippen molar-refractivity contribution in [2.45, 2.75) is 20.3 Å². The SMILES string of the molecule is [CH2]CC#CP(CC)CC. The van der Waals surface area contributed by atoms with Crippen LogP contribution in [-0.4, -0.2) is 12.3 Å². The first kappa shape index (κ1) is 8.99. The second-order valence-corrected chi connectivity index (χ2v) is 4.28. The molecule has 0 aliphatic heterocycles. The van der Waals surface area contributed by atoms with E-state index in [0.29, 0.717) is 0 Å². The van der Waals surface area contributed by atoms with Gasteiger partial charge in [0.1, 0.15) is 0 Å². The lowest BCUT2D eigenvalue weighted by atomic mass is 10.5. The number of hydrogen-bond donors (Lipinski definition) is 0. The monoisotopic (exact) mass is 141 g/mol. The molecule has 0 atom stereocenters. The van der Waals surface area contributed by atoms with Crippen LogP contribution in [0.3, 0.4) is 0 Å². The molecule has 0 saturated heterocycles. The molecule has 0 aliphatic rings. The van der Waals surface area contributed by atoms with Gasteiger partial charge in [-0.2, -0.15) is 0 Å². The summed E-state index contributed by atoms with van der Waals surface area (Å²) >= 11 is 0. The Morgan fingerprint density at radius 1 is 1.33 bits per heavy atom. The lowest BCUT2D eigenvalue weighted by Crippen LogP contribution is -1.76.